The zero-order valence-electron chi connectivity index (χ0n) is 15.8. The van der Waals surface area contributed by atoms with Crippen LogP contribution in [0.4, 0.5) is 10.1 Å². The standard InChI is InChI=1S/C21H20FN3O3/c1-13-19(14(2)25(24-13)16-9-5-4-6-10-16)21(27)28-15(3)20(26)23-18-12-8-7-11-17(18)22/h4-12,15H,1-3H3,(H,23,26). The maximum atomic E-state index is 13.7. The molecule has 0 saturated carbocycles. The number of anilines is 1. The topological polar surface area (TPSA) is 73.2 Å². The van der Waals surface area contributed by atoms with Gasteiger partial charge in [0, 0.05) is 0 Å². The Bertz CT molecular complexity index is 1010. The first-order valence-corrected chi connectivity index (χ1v) is 8.76. The number of amides is 1. The van der Waals surface area contributed by atoms with Crippen LogP contribution in [0.25, 0.3) is 5.69 Å². The number of halogens is 1. The Morgan fingerprint density at radius 2 is 1.71 bits per heavy atom. The Labute approximate surface area is 161 Å². The van der Waals surface area contributed by atoms with Crippen molar-refractivity contribution in [2.75, 3.05) is 5.32 Å². The number of para-hydroxylation sites is 2. The van der Waals surface area contributed by atoms with Crippen molar-refractivity contribution in [3.05, 3.63) is 77.4 Å². The van der Waals surface area contributed by atoms with Crippen LogP contribution in [0.5, 0.6) is 0 Å². The van der Waals surface area contributed by atoms with E-state index >= 15 is 0 Å². The molecule has 1 amide bonds. The molecule has 0 bridgehead atoms. The van der Waals surface area contributed by atoms with Crippen molar-refractivity contribution in [1.29, 1.82) is 0 Å². The second-order valence-corrected chi connectivity index (χ2v) is 6.31. The molecule has 3 rings (SSSR count). The quantitative estimate of drug-likeness (QED) is 0.682. The molecule has 6 nitrogen and oxygen atoms in total. The summed E-state index contributed by atoms with van der Waals surface area (Å²) in [5.74, 6) is -1.84. The molecule has 1 heterocycles. The van der Waals surface area contributed by atoms with E-state index in [2.05, 4.69) is 10.4 Å². The molecule has 0 saturated heterocycles. The minimum absolute atomic E-state index is 0.0275. The van der Waals surface area contributed by atoms with E-state index in [-0.39, 0.29) is 5.69 Å². The van der Waals surface area contributed by atoms with Crippen molar-refractivity contribution in [2.24, 2.45) is 0 Å². The van der Waals surface area contributed by atoms with Crippen molar-refractivity contribution in [1.82, 2.24) is 9.78 Å². The molecule has 1 aromatic heterocycles. The summed E-state index contributed by atoms with van der Waals surface area (Å²) >= 11 is 0. The molecule has 3 aromatic rings. The predicted octanol–water partition coefficient (Wildman–Crippen LogP) is 3.81. The summed E-state index contributed by atoms with van der Waals surface area (Å²) in [6.07, 6.45) is -1.11. The van der Waals surface area contributed by atoms with Crippen molar-refractivity contribution >= 4 is 17.6 Å². The summed E-state index contributed by atoms with van der Waals surface area (Å²) in [4.78, 5) is 24.9. The number of nitrogens with one attached hydrogen (secondary N) is 1. The van der Waals surface area contributed by atoms with Gasteiger partial charge in [-0.2, -0.15) is 5.10 Å². The molecule has 1 atom stereocenters. The smallest absolute Gasteiger partial charge is 0.342 e. The van der Waals surface area contributed by atoms with E-state index in [1.165, 1.54) is 25.1 Å². The number of hydrogen-bond donors (Lipinski definition) is 1. The lowest BCUT2D eigenvalue weighted by molar-refractivity contribution is -0.123. The normalized spacial score (nSPS) is 11.7. The molecular weight excluding hydrogens is 361 g/mol. The molecular formula is C21H20FN3O3. The van der Waals surface area contributed by atoms with Gasteiger partial charge in [0.25, 0.3) is 5.91 Å². The molecule has 0 fully saturated rings. The monoisotopic (exact) mass is 381 g/mol. The lowest BCUT2D eigenvalue weighted by Gasteiger charge is -2.14. The number of esters is 1. The summed E-state index contributed by atoms with van der Waals surface area (Å²) in [6.45, 7) is 4.89. The highest BCUT2D eigenvalue weighted by Crippen LogP contribution is 2.20. The Morgan fingerprint density at radius 1 is 1.07 bits per heavy atom. The fourth-order valence-electron chi connectivity index (χ4n) is 2.83. The first-order valence-electron chi connectivity index (χ1n) is 8.76. The van der Waals surface area contributed by atoms with Crippen LogP contribution in [0.1, 0.15) is 28.7 Å². The molecule has 2 aromatic carbocycles. The summed E-state index contributed by atoms with van der Waals surface area (Å²) in [7, 11) is 0. The number of aromatic nitrogens is 2. The van der Waals surface area contributed by atoms with Gasteiger partial charge < -0.3 is 10.1 Å². The number of nitrogens with zero attached hydrogens (tertiary/aromatic N) is 2. The molecule has 7 heteroatoms. The highest BCUT2D eigenvalue weighted by molar-refractivity contribution is 5.98. The first kappa shape index (κ1) is 19.3. The fraction of sp³-hybridized carbons (Fsp3) is 0.190. The zero-order valence-corrected chi connectivity index (χ0v) is 15.8. The van der Waals surface area contributed by atoms with Gasteiger partial charge >= 0.3 is 5.97 Å². The highest BCUT2D eigenvalue weighted by atomic mass is 19.1. The van der Waals surface area contributed by atoms with Gasteiger partial charge in [0.1, 0.15) is 11.4 Å². The van der Waals surface area contributed by atoms with Gasteiger partial charge in [-0.05, 0) is 45.0 Å². The van der Waals surface area contributed by atoms with E-state index in [1.54, 1.807) is 24.6 Å². The minimum atomic E-state index is -1.11. The van der Waals surface area contributed by atoms with E-state index in [0.29, 0.717) is 17.0 Å². The van der Waals surface area contributed by atoms with Crippen molar-refractivity contribution in [2.45, 2.75) is 26.9 Å². The zero-order chi connectivity index (χ0) is 20.3. The van der Waals surface area contributed by atoms with Gasteiger partial charge in [-0.3, -0.25) is 4.79 Å². The van der Waals surface area contributed by atoms with Gasteiger partial charge in [-0.1, -0.05) is 30.3 Å². The summed E-state index contributed by atoms with van der Waals surface area (Å²) in [5, 5.41) is 6.81. The molecule has 28 heavy (non-hydrogen) atoms. The average molecular weight is 381 g/mol. The Balaban J connectivity index is 1.75. The number of benzene rings is 2. The van der Waals surface area contributed by atoms with E-state index in [4.69, 9.17) is 4.74 Å². The second-order valence-electron chi connectivity index (χ2n) is 6.31. The molecule has 0 aliphatic rings. The van der Waals surface area contributed by atoms with Gasteiger partial charge in [-0.15, -0.1) is 0 Å². The maximum absolute atomic E-state index is 13.7. The fourth-order valence-corrected chi connectivity index (χ4v) is 2.83. The van der Waals surface area contributed by atoms with Crippen molar-refractivity contribution in [3.63, 3.8) is 0 Å². The number of aryl methyl sites for hydroxylation is 1. The molecule has 0 radical (unpaired) electrons. The Kier molecular flexibility index (Phi) is 5.54. The van der Waals surface area contributed by atoms with Crippen molar-refractivity contribution < 1.29 is 18.7 Å². The Morgan fingerprint density at radius 3 is 2.39 bits per heavy atom. The van der Waals surface area contributed by atoms with Crippen LogP contribution in [0.2, 0.25) is 0 Å². The first-order chi connectivity index (χ1) is 13.4. The van der Waals surface area contributed by atoms with Gasteiger partial charge in [-0.25, -0.2) is 13.9 Å². The van der Waals surface area contributed by atoms with Crippen LogP contribution in [0.15, 0.2) is 54.6 Å². The van der Waals surface area contributed by atoms with Gasteiger partial charge in [0.2, 0.25) is 0 Å². The largest absolute Gasteiger partial charge is 0.449 e. The van der Waals surface area contributed by atoms with E-state index in [1.807, 2.05) is 30.3 Å². The van der Waals surface area contributed by atoms with Crippen LogP contribution < -0.4 is 5.32 Å². The highest BCUT2D eigenvalue weighted by Gasteiger charge is 2.25. The molecule has 1 unspecified atom stereocenters. The van der Waals surface area contributed by atoms with Gasteiger partial charge in [0.05, 0.1) is 22.8 Å². The third-order valence-corrected chi connectivity index (χ3v) is 4.28. The van der Waals surface area contributed by atoms with Crippen molar-refractivity contribution in [3.8, 4) is 5.69 Å². The van der Waals surface area contributed by atoms with Crippen LogP contribution in [-0.2, 0) is 9.53 Å². The number of hydrogen-bond acceptors (Lipinski definition) is 4. The second kappa shape index (κ2) is 8.04. The number of ether oxygens (including phenoxy) is 1. The lowest BCUT2D eigenvalue weighted by atomic mass is 10.2. The third-order valence-electron chi connectivity index (χ3n) is 4.28. The predicted molar refractivity (Wildman–Crippen MR) is 103 cm³/mol. The summed E-state index contributed by atoms with van der Waals surface area (Å²) < 4.78 is 20.6. The van der Waals surface area contributed by atoms with Crippen LogP contribution in [0.3, 0.4) is 0 Å². The molecule has 0 aliphatic carbocycles. The molecule has 1 N–H and O–H groups in total. The number of carbonyl (C=O) groups is 2. The van der Waals surface area contributed by atoms with E-state index < -0.39 is 23.8 Å². The molecule has 144 valence electrons. The van der Waals surface area contributed by atoms with E-state index in [9.17, 15) is 14.0 Å². The maximum Gasteiger partial charge on any atom is 0.342 e. The number of carbonyl (C=O) groups excluding carboxylic acids is 2. The van der Waals surface area contributed by atoms with Gasteiger partial charge in [0.15, 0.2) is 6.10 Å². The Hall–Kier alpha value is -3.48. The summed E-state index contributed by atoms with van der Waals surface area (Å²) in [5.41, 5.74) is 2.24. The van der Waals surface area contributed by atoms with Crippen LogP contribution in [-0.4, -0.2) is 27.8 Å². The lowest BCUT2D eigenvalue weighted by Crippen LogP contribution is -2.30. The summed E-state index contributed by atoms with van der Waals surface area (Å²) in [6, 6.07) is 15.2. The third kappa shape index (κ3) is 3.93. The SMILES string of the molecule is Cc1nn(-c2ccccc2)c(C)c1C(=O)OC(C)C(=O)Nc1ccccc1F. The molecule has 0 spiro atoms. The minimum Gasteiger partial charge on any atom is -0.449 e. The van der Waals surface area contributed by atoms with Crippen LogP contribution in [0, 0.1) is 19.7 Å². The van der Waals surface area contributed by atoms with Crippen LogP contribution >= 0.6 is 0 Å². The number of rotatable bonds is 5. The average Bonchev–Trinajstić information content (AvgIpc) is 2.98. The molecule has 0 aliphatic heterocycles. The van der Waals surface area contributed by atoms with E-state index in [0.717, 1.165) is 5.69 Å².